The van der Waals surface area contributed by atoms with E-state index >= 15 is 0 Å². The first kappa shape index (κ1) is 15.3. The van der Waals surface area contributed by atoms with E-state index in [1.807, 2.05) is 19.9 Å². The standard InChI is InChI=1S/C15H24N2O2S/c1-4-11-9-14(16)13(5-2)15(10-11)20(18,19)17(3)12-7-6-8-12/h9-10,12H,4-8,16H2,1-3H3. The average Bonchev–Trinajstić information content (AvgIpc) is 2.35. The zero-order chi connectivity index (χ0) is 14.9. The zero-order valence-corrected chi connectivity index (χ0v) is 13.3. The number of nitrogens with two attached hydrogens (primary N) is 1. The van der Waals surface area contributed by atoms with Gasteiger partial charge in [-0.05, 0) is 48.9 Å². The fourth-order valence-corrected chi connectivity index (χ4v) is 4.43. The van der Waals surface area contributed by atoms with Gasteiger partial charge in [-0.1, -0.05) is 20.3 Å². The Hall–Kier alpha value is -1.07. The van der Waals surface area contributed by atoms with E-state index < -0.39 is 10.0 Å². The Bertz CT molecular complexity index is 592. The molecule has 4 nitrogen and oxygen atoms in total. The van der Waals surface area contributed by atoms with Crippen LogP contribution in [0.3, 0.4) is 0 Å². The second-order valence-corrected chi connectivity index (χ2v) is 7.44. The van der Waals surface area contributed by atoms with Crippen LogP contribution in [0.1, 0.15) is 44.2 Å². The van der Waals surface area contributed by atoms with Crippen LogP contribution in [0.25, 0.3) is 0 Å². The number of nitrogen functional groups attached to an aromatic ring is 1. The van der Waals surface area contributed by atoms with Gasteiger partial charge in [0.25, 0.3) is 0 Å². The van der Waals surface area contributed by atoms with Gasteiger partial charge in [-0.2, -0.15) is 4.31 Å². The molecule has 0 aromatic heterocycles. The van der Waals surface area contributed by atoms with Crippen LogP contribution >= 0.6 is 0 Å². The van der Waals surface area contributed by atoms with Gasteiger partial charge in [0.15, 0.2) is 0 Å². The lowest BCUT2D eigenvalue weighted by atomic mass is 9.93. The van der Waals surface area contributed by atoms with Crippen molar-refractivity contribution in [2.24, 2.45) is 0 Å². The summed E-state index contributed by atoms with van der Waals surface area (Å²) in [5, 5.41) is 0. The van der Waals surface area contributed by atoms with Crippen LogP contribution in [0.2, 0.25) is 0 Å². The maximum Gasteiger partial charge on any atom is 0.243 e. The summed E-state index contributed by atoms with van der Waals surface area (Å²) in [7, 11) is -1.76. The van der Waals surface area contributed by atoms with E-state index in [2.05, 4.69) is 0 Å². The van der Waals surface area contributed by atoms with Crippen LogP contribution in [0.15, 0.2) is 17.0 Å². The lowest BCUT2D eigenvalue weighted by molar-refractivity contribution is 0.249. The number of benzene rings is 1. The van der Waals surface area contributed by atoms with Gasteiger partial charge in [0.05, 0.1) is 4.90 Å². The van der Waals surface area contributed by atoms with E-state index in [0.29, 0.717) is 17.0 Å². The van der Waals surface area contributed by atoms with Crippen molar-refractivity contribution in [1.29, 1.82) is 0 Å². The Kier molecular flexibility index (Phi) is 4.39. The summed E-state index contributed by atoms with van der Waals surface area (Å²) in [6.45, 7) is 3.95. The highest BCUT2D eigenvalue weighted by Gasteiger charge is 2.33. The molecule has 0 saturated heterocycles. The van der Waals surface area contributed by atoms with Crippen molar-refractivity contribution in [3.05, 3.63) is 23.3 Å². The largest absolute Gasteiger partial charge is 0.398 e. The maximum atomic E-state index is 12.8. The Labute approximate surface area is 122 Å². The monoisotopic (exact) mass is 296 g/mol. The fraction of sp³-hybridized carbons (Fsp3) is 0.600. The SMILES string of the molecule is CCc1cc(N)c(CC)c(S(=O)(=O)N(C)C2CCC2)c1. The number of rotatable bonds is 5. The summed E-state index contributed by atoms with van der Waals surface area (Å²) in [6, 6.07) is 3.83. The Balaban J connectivity index is 2.51. The number of nitrogens with zero attached hydrogens (tertiary/aromatic N) is 1. The lowest BCUT2D eigenvalue weighted by Gasteiger charge is -2.34. The summed E-state index contributed by atoms with van der Waals surface area (Å²) in [5.74, 6) is 0. The molecule has 5 heteroatoms. The molecule has 1 aromatic rings. The minimum absolute atomic E-state index is 0.149. The average molecular weight is 296 g/mol. The molecule has 0 aliphatic heterocycles. The topological polar surface area (TPSA) is 63.4 Å². The second-order valence-electron chi connectivity index (χ2n) is 5.47. The van der Waals surface area contributed by atoms with Gasteiger partial charge in [-0.15, -0.1) is 0 Å². The van der Waals surface area contributed by atoms with Crippen molar-refractivity contribution in [3.63, 3.8) is 0 Å². The number of anilines is 1. The van der Waals surface area contributed by atoms with Gasteiger partial charge in [0.1, 0.15) is 0 Å². The van der Waals surface area contributed by atoms with E-state index in [-0.39, 0.29) is 6.04 Å². The van der Waals surface area contributed by atoms with Crippen molar-refractivity contribution in [1.82, 2.24) is 4.31 Å². The number of hydrogen-bond donors (Lipinski definition) is 1. The molecule has 0 spiro atoms. The third-order valence-corrected chi connectivity index (χ3v) is 6.29. The fourth-order valence-electron chi connectivity index (χ4n) is 2.64. The molecule has 0 unspecified atom stereocenters. The van der Waals surface area contributed by atoms with Gasteiger partial charge in [0.2, 0.25) is 10.0 Å². The van der Waals surface area contributed by atoms with Crippen molar-refractivity contribution < 1.29 is 8.42 Å². The van der Waals surface area contributed by atoms with Crippen LogP contribution in [0, 0.1) is 0 Å². The van der Waals surface area contributed by atoms with E-state index in [9.17, 15) is 8.42 Å². The molecular weight excluding hydrogens is 272 g/mol. The van der Waals surface area contributed by atoms with Crippen LogP contribution in [0.5, 0.6) is 0 Å². The molecule has 0 amide bonds. The van der Waals surface area contributed by atoms with Gasteiger partial charge in [-0.25, -0.2) is 8.42 Å². The predicted octanol–water partition coefficient (Wildman–Crippen LogP) is 2.57. The molecule has 2 N–H and O–H groups in total. The zero-order valence-electron chi connectivity index (χ0n) is 12.5. The summed E-state index contributed by atoms with van der Waals surface area (Å²) >= 11 is 0. The molecule has 0 atom stereocenters. The first-order chi connectivity index (χ1) is 9.41. The first-order valence-electron chi connectivity index (χ1n) is 7.31. The first-order valence-corrected chi connectivity index (χ1v) is 8.75. The van der Waals surface area contributed by atoms with Gasteiger partial charge >= 0.3 is 0 Å². The lowest BCUT2D eigenvalue weighted by Crippen LogP contribution is -2.41. The number of hydrogen-bond acceptors (Lipinski definition) is 3. The van der Waals surface area contributed by atoms with E-state index in [0.717, 1.165) is 36.8 Å². The maximum absolute atomic E-state index is 12.8. The minimum atomic E-state index is -3.44. The molecule has 2 rings (SSSR count). The van der Waals surface area contributed by atoms with Gasteiger partial charge < -0.3 is 5.73 Å². The van der Waals surface area contributed by atoms with Crippen LogP contribution in [-0.4, -0.2) is 25.8 Å². The summed E-state index contributed by atoms with van der Waals surface area (Å²) < 4.78 is 27.2. The highest BCUT2D eigenvalue weighted by molar-refractivity contribution is 7.89. The third-order valence-electron chi connectivity index (χ3n) is 4.31. The van der Waals surface area contributed by atoms with E-state index in [1.54, 1.807) is 13.1 Å². The quantitative estimate of drug-likeness (QED) is 0.849. The minimum Gasteiger partial charge on any atom is -0.398 e. The van der Waals surface area contributed by atoms with E-state index in [1.165, 1.54) is 4.31 Å². The van der Waals surface area contributed by atoms with Crippen LogP contribution in [0.4, 0.5) is 5.69 Å². The molecule has 1 fully saturated rings. The summed E-state index contributed by atoms with van der Waals surface area (Å²) in [5.41, 5.74) is 8.35. The van der Waals surface area contributed by atoms with Crippen molar-refractivity contribution in [3.8, 4) is 0 Å². The number of sulfonamides is 1. The molecule has 1 aromatic carbocycles. The van der Waals surface area contributed by atoms with Crippen molar-refractivity contribution >= 4 is 15.7 Å². The highest BCUT2D eigenvalue weighted by atomic mass is 32.2. The molecule has 20 heavy (non-hydrogen) atoms. The summed E-state index contributed by atoms with van der Waals surface area (Å²) in [4.78, 5) is 0.395. The predicted molar refractivity (Wildman–Crippen MR) is 82.2 cm³/mol. The number of aryl methyl sites for hydroxylation is 1. The van der Waals surface area contributed by atoms with Crippen molar-refractivity contribution in [2.45, 2.75) is 56.9 Å². The Morgan fingerprint density at radius 2 is 1.90 bits per heavy atom. The molecule has 0 bridgehead atoms. The Morgan fingerprint density at radius 3 is 2.35 bits per heavy atom. The highest BCUT2D eigenvalue weighted by Crippen LogP contribution is 2.32. The molecule has 0 radical (unpaired) electrons. The van der Waals surface area contributed by atoms with Crippen LogP contribution < -0.4 is 5.73 Å². The van der Waals surface area contributed by atoms with Crippen molar-refractivity contribution in [2.75, 3.05) is 12.8 Å². The molecule has 1 aliphatic carbocycles. The van der Waals surface area contributed by atoms with Crippen LogP contribution in [-0.2, 0) is 22.9 Å². The smallest absolute Gasteiger partial charge is 0.243 e. The molecular formula is C15H24N2O2S. The van der Waals surface area contributed by atoms with Gasteiger partial charge in [0, 0.05) is 18.8 Å². The Morgan fingerprint density at radius 1 is 1.25 bits per heavy atom. The van der Waals surface area contributed by atoms with Gasteiger partial charge in [-0.3, -0.25) is 0 Å². The summed E-state index contributed by atoms with van der Waals surface area (Å²) in [6.07, 6.45) is 4.44. The second kappa shape index (κ2) is 5.74. The normalized spacial score (nSPS) is 16.4. The molecule has 0 heterocycles. The molecule has 1 aliphatic rings. The van der Waals surface area contributed by atoms with E-state index in [4.69, 9.17) is 5.73 Å². The third kappa shape index (κ3) is 2.56. The molecule has 1 saturated carbocycles. The molecule has 112 valence electrons.